The maximum atomic E-state index is 12.8. The van der Waals surface area contributed by atoms with Gasteiger partial charge in [0.2, 0.25) is 0 Å². The Morgan fingerprint density at radius 1 is 1.16 bits per heavy atom. The number of sulfonamides is 1. The molecule has 12 heteroatoms. The molecule has 0 spiro atoms. The SMILES string of the molecule is Cc1nc(/C=N/NC(=O)c2cccc(S(=O)(=O)Nc3cccc(C(F)(F)F)c3)c2)cs1. The maximum Gasteiger partial charge on any atom is 0.416 e. The van der Waals surface area contributed by atoms with Crippen LogP contribution in [0.15, 0.2) is 63.9 Å². The third-order valence-corrected chi connectivity index (χ3v) is 6.02. The summed E-state index contributed by atoms with van der Waals surface area (Å²) in [6.45, 7) is 1.82. The van der Waals surface area contributed by atoms with Crippen molar-refractivity contribution in [3.63, 3.8) is 0 Å². The zero-order valence-corrected chi connectivity index (χ0v) is 17.5. The van der Waals surface area contributed by atoms with Gasteiger partial charge < -0.3 is 0 Å². The van der Waals surface area contributed by atoms with E-state index in [1.165, 1.54) is 41.8 Å². The molecule has 0 radical (unpaired) electrons. The summed E-state index contributed by atoms with van der Waals surface area (Å²) in [6, 6.07) is 8.82. The molecule has 0 atom stereocenters. The van der Waals surface area contributed by atoms with Crippen molar-refractivity contribution in [1.82, 2.24) is 10.4 Å². The van der Waals surface area contributed by atoms with Crippen LogP contribution >= 0.6 is 11.3 Å². The minimum Gasteiger partial charge on any atom is -0.280 e. The molecule has 0 aliphatic carbocycles. The first-order chi connectivity index (χ1) is 14.5. The number of anilines is 1. The number of aryl methyl sites for hydroxylation is 1. The number of nitrogens with zero attached hydrogens (tertiary/aromatic N) is 2. The number of alkyl halides is 3. The number of hydrazone groups is 1. The minimum atomic E-state index is -4.61. The highest BCUT2D eigenvalue weighted by atomic mass is 32.2. The lowest BCUT2D eigenvalue weighted by Crippen LogP contribution is -2.19. The highest BCUT2D eigenvalue weighted by molar-refractivity contribution is 7.92. The van der Waals surface area contributed by atoms with Gasteiger partial charge in [0.15, 0.2) is 0 Å². The summed E-state index contributed by atoms with van der Waals surface area (Å²) in [5, 5.41) is 6.35. The molecule has 2 N–H and O–H groups in total. The molecule has 1 heterocycles. The van der Waals surface area contributed by atoms with E-state index in [1.807, 2.05) is 6.92 Å². The van der Waals surface area contributed by atoms with Gasteiger partial charge in [-0.25, -0.2) is 18.8 Å². The number of rotatable bonds is 6. The van der Waals surface area contributed by atoms with Crippen molar-refractivity contribution in [3.8, 4) is 0 Å². The van der Waals surface area contributed by atoms with E-state index < -0.39 is 27.7 Å². The fourth-order valence-corrected chi connectivity index (χ4v) is 4.10. The Morgan fingerprint density at radius 2 is 1.90 bits per heavy atom. The average molecular weight is 468 g/mol. The lowest BCUT2D eigenvalue weighted by atomic mass is 10.2. The van der Waals surface area contributed by atoms with Gasteiger partial charge >= 0.3 is 6.18 Å². The van der Waals surface area contributed by atoms with Crippen LogP contribution in [-0.4, -0.2) is 25.5 Å². The molecule has 3 aromatic rings. The van der Waals surface area contributed by atoms with Crippen LogP contribution in [-0.2, 0) is 16.2 Å². The summed E-state index contributed by atoms with van der Waals surface area (Å²) in [7, 11) is -4.24. The Bertz CT molecular complexity index is 1240. The fourth-order valence-electron chi connectivity index (χ4n) is 2.44. The zero-order chi connectivity index (χ0) is 22.6. The predicted molar refractivity (Wildman–Crippen MR) is 111 cm³/mol. The van der Waals surface area contributed by atoms with Gasteiger partial charge in [-0.2, -0.15) is 18.3 Å². The molecule has 1 aromatic heterocycles. The second-order valence-electron chi connectivity index (χ2n) is 6.20. The number of carbonyl (C=O) groups excluding carboxylic acids is 1. The number of halogens is 3. The first-order valence-electron chi connectivity index (χ1n) is 8.60. The van der Waals surface area contributed by atoms with Crippen molar-refractivity contribution in [3.05, 3.63) is 75.7 Å². The number of thiazole rings is 1. The van der Waals surface area contributed by atoms with Crippen molar-refractivity contribution in [2.24, 2.45) is 5.10 Å². The van der Waals surface area contributed by atoms with Crippen LogP contribution in [0.5, 0.6) is 0 Å². The summed E-state index contributed by atoms with van der Waals surface area (Å²) < 4.78 is 65.8. The first kappa shape index (κ1) is 22.4. The van der Waals surface area contributed by atoms with Gasteiger partial charge in [0.05, 0.1) is 27.4 Å². The molecular weight excluding hydrogens is 453 g/mol. The van der Waals surface area contributed by atoms with Crippen molar-refractivity contribution < 1.29 is 26.4 Å². The molecule has 0 saturated heterocycles. The van der Waals surface area contributed by atoms with Crippen LogP contribution < -0.4 is 10.1 Å². The van der Waals surface area contributed by atoms with E-state index in [0.717, 1.165) is 23.2 Å². The van der Waals surface area contributed by atoms with Gasteiger partial charge in [-0.3, -0.25) is 9.52 Å². The molecule has 2 aromatic carbocycles. The standard InChI is InChI=1S/C19H15F3N4O3S2/c1-12-24-16(11-30-12)10-23-25-18(27)13-4-2-7-17(8-13)31(28,29)26-15-6-3-5-14(9-15)19(20,21)22/h2-11,26H,1H3,(H,25,27)/b23-10+. The molecule has 0 aliphatic rings. The Kier molecular flexibility index (Phi) is 6.41. The second kappa shape index (κ2) is 8.86. The van der Waals surface area contributed by atoms with E-state index in [2.05, 4.69) is 20.2 Å². The van der Waals surface area contributed by atoms with Crippen LogP contribution in [0.25, 0.3) is 0 Å². The molecule has 0 saturated carbocycles. The second-order valence-corrected chi connectivity index (χ2v) is 8.95. The van der Waals surface area contributed by atoms with Crippen molar-refractivity contribution in [2.75, 3.05) is 4.72 Å². The predicted octanol–water partition coefficient (Wildman–Crippen LogP) is 4.04. The Morgan fingerprint density at radius 3 is 2.58 bits per heavy atom. The molecule has 31 heavy (non-hydrogen) atoms. The molecule has 0 aliphatic heterocycles. The Hall–Kier alpha value is -3.25. The largest absolute Gasteiger partial charge is 0.416 e. The molecular formula is C19H15F3N4O3S2. The Balaban J connectivity index is 1.75. The van der Waals surface area contributed by atoms with E-state index in [0.29, 0.717) is 11.8 Å². The van der Waals surface area contributed by atoms with Crippen molar-refractivity contribution in [2.45, 2.75) is 18.0 Å². The van der Waals surface area contributed by atoms with Crippen LogP contribution in [0.3, 0.4) is 0 Å². The van der Waals surface area contributed by atoms with Gasteiger partial charge in [0, 0.05) is 16.6 Å². The topological polar surface area (TPSA) is 101 Å². The van der Waals surface area contributed by atoms with Crippen molar-refractivity contribution in [1.29, 1.82) is 0 Å². The van der Waals surface area contributed by atoms with E-state index >= 15 is 0 Å². The summed E-state index contributed by atoms with van der Waals surface area (Å²) in [6.07, 6.45) is -3.27. The monoisotopic (exact) mass is 468 g/mol. The summed E-state index contributed by atoms with van der Waals surface area (Å²) in [4.78, 5) is 16.1. The van der Waals surface area contributed by atoms with Gasteiger partial charge in [-0.05, 0) is 43.3 Å². The number of hydrogen-bond donors (Lipinski definition) is 2. The lowest BCUT2D eigenvalue weighted by Gasteiger charge is -2.11. The van der Waals surface area contributed by atoms with E-state index in [-0.39, 0.29) is 16.1 Å². The van der Waals surface area contributed by atoms with E-state index in [1.54, 1.807) is 5.38 Å². The minimum absolute atomic E-state index is 0.00137. The fraction of sp³-hybridized carbons (Fsp3) is 0.105. The van der Waals surface area contributed by atoms with Gasteiger partial charge in [0.1, 0.15) is 0 Å². The third-order valence-electron chi connectivity index (χ3n) is 3.85. The number of nitrogens with one attached hydrogen (secondary N) is 2. The highest BCUT2D eigenvalue weighted by Gasteiger charge is 2.30. The molecule has 0 bridgehead atoms. The maximum absolute atomic E-state index is 12.8. The zero-order valence-electron chi connectivity index (χ0n) is 15.8. The van der Waals surface area contributed by atoms with Crippen LogP contribution in [0.4, 0.5) is 18.9 Å². The van der Waals surface area contributed by atoms with Crippen molar-refractivity contribution >= 4 is 39.2 Å². The van der Waals surface area contributed by atoms with E-state index in [9.17, 15) is 26.4 Å². The van der Waals surface area contributed by atoms with Gasteiger partial charge in [-0.1, -0.05) is 12.1 Å². The molecule has 162 valence electrons. The quantitative estimate of drug-likeness (QED) is 0.421. The lowest BCUT2D eigenvalue weighted by molar-refractivity contribution is -0.137. The van der Waals surface area contributed by atoms with Gasteiger partial charge in [-0.15, -0.1) is 11.3 Å². The highest BCUT2D eigenvalue weighted by Crippen LogP contribution is 2.31. The third kappa shape index (κ3) is 5.89. The Labute approximate surface area is 179 Å². The number of hydrogen-bond acceptors (Lipinski definition) is 6. The smallest absolute Gasteiger partial charge is 0.280 e. The van der Waals surface area contributed by atoms with E-state index in [4.69, 9.17) is 0 Å². The van der Waals surface area contributed by atoms with Gasteiger partial charge in [0.25, 0.3) is 15.9 Å². The molecule has 7 nitrogen and oxygen atoms in total. The average Bonchev–Trinajstić information content (AvgIpc) is 3.12. The normalized spacial score (nSPS) is 12.1. The number of benzene rings is 2. The first-order valence-corrected chi connectivity index (χ1v) is 11.0. The molecule has 1 amide bonds. The number of carbonyl (C=O) groups is 1. The molecule has 0 unspecified atom stereocenters. The number of aromatic nitrogens is 1. The van der Waals surface area contributed by atoms with Crippen LogP contribution in [0.2, 0.25) is 0 Å². The number of amides is 1. The molecule has 0 fully saturated rings. The summed E-state index contributed by atoms with van der Waals surface area (Å²) >= 11 is 1.42. The van der Waals surface area contributed by atoms with Crippen LogP contribution in [0, 0.1) is 6.92 Å². The summed E-state index contributed by atoms with van der Waals surface area (Å²) in [5.41, 5.74) is 1.57. The summed E-state index contributed by atoms with van der Waals surface area (Å²) in [5.74, 6) is -0.667. The van der Waals surface area contributed by atoms with Crippen LogP contribution in [0.1, 0.15) is 26.6 Å². The molecule has 3 rings (SSSR count).